The number of halogens is 1. The van der Waals surface area contributed by atoms with Crippen LogP contribution in [0.25, 0.3) is 11.0 Å². The van der Waals surface area contributed by atoms with Gasteiger partial charge in [-0.2, -0.15) is 0 Å². The smallest absolute Gasteiger partial charge is 0.291 e. The molecule has 3 nitrogen and oxygen atoms in total. The summed E-state index contributed by atoms with van der Waals surface area (Å²) in [5, 5.41) is 3.75. The standard InChI is InChI=1S/C16H12BrNO2S/c1-21-12-6-3-5-11(9-12)18-16(19)14-8-10-4-2-7-13(17)15(10)20-14/h2-9H,1H3,(H,18,19). The molecule has 0 radical (unpaired) electrons. The van der Waals surface area contributed by atoms with Gasteiger partial charge in [-0.3, -0.25) is 4.79 Å². The van der Waals surface area contributed by atoms with E-state index in [0.29, 0.717) is 11.3 Å². The molecule has 0 saturated heterocycles. The van der Waals surface area contributed by atoms with Crippen LogP contribution < -0.4 is 5.32 Å². The molecule has 106 valence electrons. The molecule has 3 rings (SSSR count). The molecule has 0 fully saturated rings. The van der Waals surface area contributed by atoms with Gasteiger partial charge < -0.3 is 9.73 Å². The van der Waals surface area contributed by atoms with Gasteiger partial charge in [0.15, 0.2) is 5.76 Å². The highest BCUT2D eigenvalue weighted by Crippen LogP contribution is 2.27. The van der Waals surface area contributed by atoms with Gasteiger partial charge in [-0.1, -0.05) is 18.2 Å². The van der Waals surface area contributed by atoms with Crippen LogP contribution in [0.3, 0.4) is 0 Å². The highest BCUT2D eigenvalue weighted by molar-refractivity contribution is 9.10. The van der Waals surface area contributed by atoms with Crippen molar-refractivity contribution in [3.63, 3.8) is 0 Å². The number of anilines is 1. The lowest BCUT2D eigenvalue weighted by Gasteiger charge is -2.04. The van der Waals surface area contributed by atoms with Crippen molar-refractivity contribution in [2.24, 2.45) is 0 Å². The van der Waals surface area contributed by atoms with Gasteiger partial charge in [0.2, 0.25) is 0 Å². The quantitative estimate of drug-likeness (QED) is 0.654. The van der Waals surface area contributed by atoms with Gasteiger partial charge in [-0.15, -0.1) is 11.8 Å². The highest BCUT2D eigenvalue weighted by atomic mass is 79.9. The molecule has 0 unspecified atom stereocenters. The molecule has 0 aliphatic carbocycles. The van der Waals surface area contributed by atoms with E-state index in [1.165, 1.54) is 0 Å². The summed E-state index contributed by atoms with van der Waals surface area (Å²) >= 11 is 5.05. The Morgan fingerprint density at radius 3 is 2.76 bits per heavy atom. The molecule has 1 aromatic heterocycles. The van der Waals surface area contributed by atoms with Crippen LogP contribution >= 0.6 is 27.7 Å². The number of fused-ring (bicyclic) bond motifs is 1. The molecule has 0 aliphatic rings. The first-order chi connectivity index (χ1) is 10.2. The summed E-state index contributed by atoms with van der Waals surface area (Å²) in [6, 6.07) is 15.1. The summed E-state index contributed by atoms with van der Waals surface area (Å²) in [5.41, 5.74) is 1.44. The van der Waals surface area contributed by atoms with Crippen molar-refractivity contribution in [2.75, 3.05) is 11.6 Å². The Bertz CT molecular complexity index is 813. The van der Waals surface area contributed by atoms with E-state index in [2.05, 4.69) is 21.2 Å². The fourth-order valence-electron chi connectivity index (χ4n) is 2.03. The van der Waals surface area contributed by atoms with Crippen LogP contribution in [0, 0.1) is 0 Å². The molecule has 1 heterocycles. The van der Waals surface area contributed by atoms with Gasteiger partial charge in [0.1, 0.15) is 5.58 Å². The molecule has 2 aromatic carbocycles. The number of furan rings is 1. The Balaban J connectivity index is 1.88. The van der Waals surface area contributed by atoms with Gasteiger partial charge in [-0.25, -0.2) is 0 Å². The third kappa shape index (κ3) is 2.99. The third-order valence-corrected chi connectivity index (χ3v) is 4.40. The van der Waals surface area contributed by atoms with Crippen molar-refractivity contribution in [1.29, 1.82) is 0 Å². The summed E-state index contributed by atoms with van der Waals surface area (Å²) in [4.78, 5) is 13.4. The van der Waals surface area contributed by atoms with E-state index < -0.39 is 0 Å². The highest BCUT2D eigenvalue weighted by Gasteiger charge is 2.14. The minimum Gasteiger partial charge on any atom is -0.450 e. The molecule has 0 bridgehead atoms. The molecule has 0 aliphatic heterocycles. The zero-order chi connectivity index (χ0) is 14.8. The van der Waals surface area contributed by atoms with Gasteiger partial charge in [0.25, 0.3) is 5.91 Å². The first-order valence-corrected chi connectivity index (χ1v) is 8.32. The Morgan fingerprint density at radius 2 is 2.00 bits per heavy atom. The summed E-state index contributed by atoms with van der Waals surface area (Å²) in [5.74, 6) is 0.0443. The van der Waals surface area contributed by atoms with Gasteiger partial charge >= 0.3 is 0 Å². The van der Waals surface area contributed by atoms with E-state index in [0.717, 1.165) is 20.4 Å². The largest absolute Gasteiger partial charge is 0.450 e. The van der Waals surface area contributed by atoms with E-state index in [-0.39, 0.29) is 5.91 Å². The van der Waals surface area contributed by atoms with Crippen molar-refractivity contribution < 1.29 is 9.21 Å². The van der Waals surface area contributed by atoms with Crippen molar-refractivity contribution >= 4 is 50.3 Å². The number of amides is 1. The minimum absolute atomic E-state index is 0.253. The van der Waals surface area contributed by atoms with E-state index in [1.807, 2.05) is 48.7 Å². The molecule has 5 heteroatoms. The lowest BCUT2D eigenvalue weighted by molar-refractivity contribution is 0.0998. The third-order valence-electron chi connectivity index (χ3n) is 3.05. The van der Waals surface area contributed by atoms with Crippen LogP contribution in [0.1, 0.15) is 10.6 Å². The maximum absolute atomic E-state index is 12.3. The van der Waals surface area contributed by atoms with Crippen LogP contribution in [-0.2, 0) is 0 Å². The first-order valence-electron chi connectivity index (χ1n) is 6.31. The molecule has 0 saturated carbocycles. The maximum atomic E-state index is 12.3. The van der Waals surface area contributed by atoms with E-state index in [9.17, 15) is 4.79 Å². The predicted octanol–water partition coefficient (Wildman–Crippen LogP) is 5.17. The molecule has 1 amide bonds. The monoisotopic (exact) mass is 361 g/mol. The summed E-state index contributed by atoms with van der Waals surface area (Å²) in [6.07, 6.45) is 2.00. The Labute approximate surface area is 134 Å². The number of nitrogens with one attached hydrogen (secondary N) is 1. The normalized spacial score (nSPS) is 10.8. The number of para-hydroxylation sites is 1. The van der Waals surface area contributed by atoms with Crippen molar-refractivity contribution in [1.82, 2.24) is 0 Å². The van der Waals surface area contributed by atoms with E-state index in [4.69, 9.17) is 4.42 Å². The van der Waals surface area contributed by atoms with Crippen LogP contribution in [0.15, 0.2) is 62.3 Å². The number of carbonyl (C=O) groups excluding carboxylic acids is 1. The Kier molecular flexibility index (Phi) is 4.03. The Morgan fingerprint density at radius 1 is 1.19 bits per heavy atom. The predicted molar refractivity (Wildman–Crippen MR) is 90.1 cm³/mol. The van der Waals surface area contributed by atoms with E-state index >= 15 is 0 Å². The molecule has 1 N–H and O–H groups in total. The fourth-order valence-corrected chi connectivity index (χ4v) is 2.95. The molecule has 0 atom stereocenters. The fraction of sp³-hybridized carbons (Fsp3) is 0.0625. The number of thioether (sulfide) groups is 1. The average Bonchev–Trinajstić information content (AvgIpc) is 2.93. The second-order valence-electron chi connectivity index (χ2n) is 4.45. The number of hydrogen-bond acceptors (Lipinski definition) is 3. The van der Waals surface area contributed by atoms with Crippen LogP contribution in [0.4, 0.5) is 5.69 Å². The lowest BCUT2D eigenvalue weighted by atomic mass is 10.2. The van der Waals surface area contributed by atoms with Gasteiger partial charge in [-0.05, 0) is 52.5 Å². The molecular weight excluding hydrogens is 350 g/mol. The first kappa shape index (κ1) is 14.2. The van der Waals surface area contributed by atoms with Crippen LogP contribution in [0.5, 0.6) is 0 Å². The SMILES string of the molecule is CSc1cccc(NC(=O)c2cc3cccc(Br)c3o2)c1. The second kappa shape index (κ2) is 5.95. The van der Waals surface area contributed by atoms with Crippen molar-refractivity contribution in [3.8, 4) is 0 Å². The maximum Gasteiger partial charge on any atom is 0.291 e. The van der Waals surface area contributed by atoms with Crippen molar-refractivity contribution in [2.45, 2.75) is 4.90 Å². The topological polar surface area (TPSA) is 42.2 Å². The van der Waals surface area contributed by atoms with Gasteiger partial charge in [0.05, 0.1) is 4.47 Å². The Hall–Kier alpha value is -1.72. The molecule has 21 heavy (non-hydrogen) atoms. The summed E-state index contributed by atoms with van der Waals surface area (Å²) in [6.45, 7) is 0. The number of benzene rings is 2. The molecular formula is C16H12BrNO2S. The van der Waals surface area contributed by atoms with Crippen molar-refractivity contribution in [3.05, 3.63) is 58.8 Å². The van der Waals surface area contributed by atoms with E-state index in [1.54, 1.807) is 17.8 Å². The zero-order valence-corrected chi connectivity index (χ0v) is 13.6. The zero-order valence-electron chi connectivity index (χ0n) is 11.2. The van der Waals surface area contributed by atoms with Crippen LogP contribution in [-0.4, -0.2) is 12.2 Å². The average molecular weight is 362 g/mol. The molecule has 0 spiro atoms. The number of hydrogen-bond donors (Lipinski definition) is 1. The minimum atomic E-state index is -0.253. The second-order valence-corrected chi connectivity index (χ2v) is 6.19. The van der Waals surface area contributed by atoms with Crippen LogP contribution in [0.2, 0.25) is 0 Å². The number of rotatable bonds is 3. The molecule has 3 aromatic rings. The number of carbonyl (C=O) groups is 1. The summed E-state index contributed by atoms with van der Waals surface area (Å²) in [7, 11) is 0. The van der Waals surface area contributed by atoms with Gasteiger partial charge in [0, 0.05) is 16.0 Å². The summed E-state index contributed by atoms with van der Waals surface area (Å²) < 4.78 is 6.46. The lowest BCUT2D eigenvalue weighted by Crippen LogP contribution is -2.10.